The van der Waals surface area contributed by atoms with Crippen LogP contribution in [-0.2, 0) is 20.8 Å². The van der Waals surface area contributed by atoms with Crippen molar-refractivity contribution in [1.29, 1.82) is 0 Å². The van der Waals surface area contributed by atoms with Crippen molar-refractivity contribution >= 4 is 21.4 Å². The summed E-state index contributed by atoms with van der Waals surface area (Å²) < 4.78 is 68.5. The Morgan fingerprint density at radius 3 is 2.12 bits per heavy atom. The maximum absolute atomic E-state index is 13.0. The number of carbonyl (C=O) groups is 1. The van der Waals surface area contributed by atoms with Crippen LogP contribution in [0.5, 0.6) is 11.5 Å². The number of carbonyl (C=O) groups excluding carboxylic acids is 1. The third-order valence-corrected chi connectivity index (χ3v) is 7.09. The number of nitrogens with zero attached hydrogens (tertiary/aromatic N) is 1. The Morgan fingerprint density at radius 2 is 1.53 bits per heavy atom. The van der Waals surface area contributed by atoms with Crippen molar-refractivity contribution < 1.29 is 31.1 Å². The van der Waals surface area contributed by atoms with Crippen molar-refractivity contribution in [2.45, 2.75) is 29.7 Å². The number of hydrogen-bond donors (Lipinski definition) is 1. The fraction of sp³-hybridized carbons (Fsp3) is 0.182. The normalized spacial score (nSPS) is 12.3. The summed E-state index contributed by atoms with van der Waals surface area (Å²) in [6.45, 7) is 2.28. The molecule has 0 fully saturated rings. The lowest BCUT2D eigenvalue weighted by atomic mass is 10.2. The lowest BCUT2D eigenvalue weighted by molar-refractivity contribution is -0.137. The number of alkyl halides is 3. The van der Waals surface area contributed by atoms with Gasteiger partial charge in [0.2, 0.25) is 5.91 Å². The summed E-state index contributed by atoms with van der Waals surface area (Å²) in [6.07, 6.45) is -1.58. The van der Waals surface area contributed by atoms with Crippen LogP contribution in [0.25, 0.3) is 0 Å². The predicted molar refractivity (Wildman–Crippen MR) is 112 cm³/mol. The van der Waals surface area contributed by atoms with Gasteiger partial charge >= 0.3 is 6.18 Å². The van der Waals surface area contributed by atoms with Gasteiger partial charge in [0.05, 0.1) is 10.5 Å². The molecule has 0 aliphatic carbocycles. The van der Waals surface area contributed by atoms with Gasteiger partial charge in [0.15, 0.2) is 9.84 Å². The highest BCUT2D eigenvalue weighted by atomic mass is 32.2. The third kappa shape index (κ3) is 4.91. The molecule has 6 nitrogen and oxygen atoms in total. The molecule has 0 saturated heterocycles. The maximum Gasteiger partial charge on any atom is 0.416 e. The molecular weight excluding hydrogens is 445 g/mol. The highest BCUT2D eigenvalue weighted by molar-refractivity contribution is 7.93. The van der Waals surface area contributed by atoms with Crippen molar-refractivity contribution in [3.63, 3.8) is 0 Å². The molecule has 0 radical (unpaired) electrons. The van der Waals surface area contributed by atoms with Crippen LogP contribution in [0, 0.1) is 0 Å². The van der Waals surface area contributed by atoms with Crippen molar-refractivity contribution in [2.24, 2.45) is 0 Å². The topological polar surface area (TPSA) is 85.4 Å². The van der Waals surface area contributed by atoms with E-state index in [-0.39, 0.29) is 0 Å². The van der Waals surface area contributed by atoms with Gasteiger partial charge in [-0.1, -0.05) is 6.07 Å². The van der Waals surface area contributed by atoms with Gasteiger partial charge in [0.1, 0.15) is 16.2 Å². The molecule has 1 amide bonds. The van der Waals surface area contributed by atoms with Crippen molar-refractivity contribution in [2.75, 3.05) is 5.32 Å². The molecule has 1 heterocycles. The van der Waals surface area contributed by atoms with E-state index in [4.69, 9.17) is 4.74 Å². The highest BCUT2D eigenvalue weighted by Gasteiger charge is 2.43. The number of ether oxygens (including phenoxy) is 1. The van der Waals surface area contributed by atoms with Gasteiger partial charge in [-0.3, -0.25) is 9.78 Å². The smallest absolute Gasteiger partial charge is 0.416 e. The molecule has 0 atom stereocenters. The SMILES string of the molecule is CC(C)(C(=O)Nc1ccc(Oc2ccncc2)cc1)S(=O)(=O)c1cccc(C(F)(F)F)c1. The molecule has 0 spiro atoms. The van der Waals surface area contributed by atoms with Gasteiger partial charge in [-0.25, -0.2) is 8.42 Å². The summed E-state index contributed by atoms with van der Waals surface area (Å²) >= 11 is 0. The van der Waals surface area contributed by atoms with Crippen LogP contribution in [0.2, 0.25) is 0 Å². The Morgan fingerprint density at radius 1 is 0.938 bits per heavy atom. The van der Waals surface area contributed by atoms with Crippen LogP contribution in [0.1, 0.15) is 19.4 Å². The van der Waals surface area contributed by atoms with Crippen LogP contribution < -0.4 is 10.1 Å². The second kappa shape index (κ2) is 8.62. The summed E-state index contributed by atoms with van der Waals surface area (Å²) in [5.41, 5.74) is -0.816. The number of anilines is 1. The Labute approximate surface area is 183 Å². The number of halogens is 3. The molecule has 1 aromatic heterocycles. The number of benzene rings is 2. The van der Waals surface area contributed by atoms with Crippen LogP contribution in [0.3, 0.4) is 0 Å². The van der Waals surface area contributed by atoms with E-state index in [1.54, 1.807) is 36.7 Å². The van der Waals surface area contributed by atoms with E-state index in [2.05, 4.69) is 10.3 Å². The third-order valence-electron chi connectivity index (χ3n) is 4.69. The van der Waals surface area contributed by atoms with Crippen LogP contribution in [0.4, 0.5) is 18.9 Å². The van der Waals surface area contributed by atoms with Gasteiger partial charge in [-0.2, -0.15) is 13.2 Å². The number of amides is 1. The van der Waals surface area contributed by atoms with E-state index in [0.717, 1.165) is 32.0 Å². The van der Waals surface area contributed by atoms with E-state index < -0.39 is 37.1 Å². The van der Waals surface area contributed by atoms with E-state index in [0.29, 0.717) is 23.3 Å². The largest absolute Gasteiger partial charge is 0.457 e. The summed E-state index contributed by atoms with van der Waals surface area (Å²) in [4.78, 5) is 16.1. The minimum atomic E-state index is -4.71. The summed E-state index contributed by atoms with van der Waals surface area (Å²) in [5.74, 6) is 0.146. The van der Waals surface area contributed by atoms with E-state index in [1.165, 1.54) is 12.1 Å². The molecule has 0 aliphatic heterocycles. The molecule has 3 aromatic rings. The molecule has 3 rings (SSSR count). The van der Waals surface area contributed by atoms with Gasteiger partial charge < -0.3 is 10.1 Å². The fourth-order valence-electron chi connectivity index (χ4n) is 2.69. The number of nitrogens with one attached hydrogen (secondary N) is 1. The lowest BCUT2D eigenvalue weighted by Crippen LogP contribution is -2.44. The van der Waals surface area contributed by atoms with Crippen LogP contribution in [0.15, 0.2) is 78.0 Å². The average molecular weight is 464 g/mol. The molecule has 0 saturated carbocycles. The highest BCUT2D eigenvalue weighted by Crippen LogP contribution is 2.33. The summed E-state index contributed by atoms with van der Waals surface area (Å²) in [7, 11) is -4.43. The Balaban J connectivity index is 1.78. The van der Waals surface area contributed by atoms with Crippen LogP contribution in [-0.4, -0.2) is 24.1 Å². The summed E-state index contributed by atoms with van der Waals surface area (Å²) in [5, 5.41) is 2.49. The first-order chi connectivity index (χ1) is 14.9. The number of aromatic nitrogens is 1. The Kier molecular flexibility index (Phi) is 6.27. The van der Waals surface area contributed by atoms with Gasteiger partial charge in [-0.15, -0.1) is 0 Å². The zero-order chi connectivity index (χ0) is 23.6. The second-order valence-corrected chi connectivity index (χ2v) is 9.80. The molecule has 1 N–H and O–H groups in total. The zero-order valence-corrected chi connectivity index (χ0v) is 17.9. The van der Waals surface area contributed by atoms with E-state index in [1.807, 2.05) is 0 Å². The van der Waals surface area contributed by atoms with Gasteiger partial charge in [0.25, 0.3) is 0 Å². The molecule has 168 valence electrons. The molecule has 0 aliphatic rings. The molecule has 0 unspecified atom stereocenters. The zero-order valence-electron chi connectivity index (χ0n) is 17.1. The first-order valence-corrected chi connectivity index (χ1v) is 10.8. The quantitative estimate of drug-likeness (QED) is 0.550. The van der Waals surface area contributed by atoms with Gasteiger partial charge in [0, 0.05) is 18.1 Å². The van der Waals surface area contributed by atoms with Crippen LogP contribution >= 0.6 is 0 Å². The lowest BCUT2D eigenvalue weighted by Gasteiger charge is -2.24. The monoisotopic (exact) mass is 464 g/mol. The van der Waals surface area contributed by atoms with Crippen molar-refractivity contribution in [1.82, 2.24) is 4.98 Å². The fourth-order valence-corrected chi connectivity index (χ4v) is 4.11. The number of sulfone groups is 1. The Hall–Kier alpha value is -3.40. The van der Waals surface area contributed by atoms with Gasteiger partial charge in [-0.05, 0) is 68.4 Å². The maximum atomic E-state index is 13.0. The molecular formula is C22H19F3N2O4S. The van der Waals surface area contributed by atoms with E-state index >= 15 is 0 Å². The number of hydrogen-bond acceptors (Lipinski definition) is 5. The molecule has 10 heteroatoms. The molecule has 0 bridgehead atoms. The number of pyridine rings is 1. The minimum Gasteiger partial charge on any atom is -0.457 e. The van der Waals surface area contributed by atoms with Crippen molar-refractivity contribution in [3.05, 3.63) is 78.6 Å². The second-order valence-electron chi connectivity index (χ2n) is 7.30. The first kappa shape index (κ1) is 23.3. The van der Waals surface area contributed by atoms with E-state index in [9.17, 15) is 26.4 Å². The first-order valence-electron chi connectivity index (χ1n) is 9.32. The predicted octanol–water partition coefficient (Wildman–Crippen LogP) is 5.08. The Bertz CT molecular complexity index is 1210. The van der Waals surface area contributed by atoms with Crippen molar-refractivity contribution in [3.8, 4) is 11.5 Å². The average Bonchev–Trinajstić information content (AvgIpc) is 2.75. The molecule has 2 aromatic carbocycles. The molecule has 32 heavy (non-hydrogen) atoms. The minimum absolute atomic E-state index is 0.296. The summed E-state index contributed by atoms with van der Waals surface area (Å²) in [6, 6.07) is 12.8. The standard InChI is InChI=1S/C22H19F3N2O4S/c1-21(2,32(29,30)19-5-3-4-15(14-19)22(23,24)25)20(28)27-16-6-8-17(9-7-16)31-18-10-12-26-13-11-18/h3-14H,1-2H3,(H,27,28). The number of rotatable bonds is 6.